The van der Waals surface area contributed by atoms with Crippen LogP contribution < -0.4 is 10.6 Å². The number of rotatable bonds is 2. The summed E-state index contributed by atoms with van der Waals surface area (Å²) >= 11 is 5.89. The normalized spacial score (nSPS) is 24.6. The highest BCUT2D eigenvalue weighted by Crippen LogP contribution is 2.27. The molecule has 5 heteroatoms. The molecule has 1 aliphatic carbocycles. The Morgan fingerprint density at radius 3 is 2.76 bits per heavy atom. The second kappa shape index (κ2) is 5.10. The van der Waals surface area contributed by atoms with E-state index in [4.69, 9.17) is 17.3 Å². The number of anilines is 2. The van der Waals surface area contributed by atoms with Crippen molar-refractivity contribution in [1.29, 1.82) is 0 Å². The van der Waals surface area contributed by atoms with Crippen LogP contribution in [0.2, 0.25) is 5.15 Å². The zero-order chi connectivity index (χ0) is 12.4. The summed E-state index contributed by atoms with van der Waals surface area (Å²) in [5.41, 5.74) is 6.34. The van der Waals surface area contributed by atoms with Crippen molar-refractivity contribution < 1.29 is 5.11 Å². The van der Waals surface area contributed by atoms with Crippen LogP contribution in [0, 0.1) is 0 Å². The molecule has 0 bridgehead atoms. The number of nitrogens with two attached hydrogens (primary N) is 1. The Balaban J connectivity index is 2.20. The predicted molar refractivity (Wildman–Crippen MR) is 70.3 cm³/mol. The van der Waals surface area contributed by atoms with Crippen LogP contribution >= 0.6 is 11.6 Å². The molecule has 1 heterocycles. The number of aliphatic hydroxyl groups excluding tert-OH is 1. The molecular weight excluding hydrogens is 238 g/mol. The lowest BCUT2D eigenvalue weighted by Gasteiger charge is -2.36. The zero-order valence-corrected chi connectivity index (χ0v) is 10.7. The fourth-order valence-corrected chi connectivity index (χ4v) is 2.61. The van der Waals surface area contributed by atoms with Gasteiger partial charge >= 0.3 is 0 Å². The van der Waals surface area contributed by atoms with Crippen LogP contribution in [0.15, 0.2) is 12.1 Å². The van der Waals surface area contributed by atoms with Crippen LogP contribution in [0.1, 0.15) is 25.7 Å². The summed E-state index contributed by atoms with van der Waals surface area (Å²) in [6.07, 6.45) is 3.77. The number of hydrogen-bond acceptors (Lipinski definition) is 4. The monoisotopic (exact) mass is 255 g/mol. The molecule has 17 heavy (non-hydrogen) atoms. The quantitative estimate of drug-likeness (QED) is 0.794. The van der Waals surface area contributed by atoms with Crippen LogP contribution in [-0.4, -0.2) is 29.3 Å². The number of aliphatic hydroxyl groups is 1. The maximum Gasteiger partial charge on any atom is 0.133 e. The number of hydrogen-bond donors (Lipinski definition) is 2. The van der Waals surface area contributed by atoms with Gasteiger partial charge in [-0.15, -0.1) is 0 Å². The van der Waals surface area contributed by atoms with Gasteiger partial charge in [-0.1, -0.05) is 24.4 Å². The molecule has 0 amide bonds. The Kier molecular flexibility index (Phi) is 3.74. The lowest BCUT2D eigenvalue weighted by molar-refractivity contribution is 0.106. The highest BCUT2D eigenvalue weighted by Gasteiger charge is 2.27. The number of halogens is 1. The van der Waals surface area contributed by atoms with Crippen molar-refractivity contribution in [3.63, 3.8) is 0 Å². The summed E-state index contributed by atoms with van der Waals surface area (Å²) in [5, 5.41) is 10.4. The summed E-state index contributed by atoms with van der Waals surface area (Å²) in [5.74, 6) is 0.723. The van der Waals surface area contributed by atoms with Gasteiger partial charge in [0.15, 0.2) is 0 Å². The van der Waals surface area contributed by atoms with Gasteiger partial charge in [0, 0.05) is 18.8 Å². The molecule has 1 fully saturated rings. The third-order valence-corrected chi connectivity index (χ3v) is 3.55. The Morgan fingerprint density at radius 2 is 2.12 bits per heavy atom. The van der Waals surface area contributed by atoms with E-state index >= 15 is 0 Å². The second-order valence-electron chi connectivity index (χ2n) is 4.61. The molecule has 0 aliphatic heterocycles. The molecule has 2 rings (SSSR count). The Labute approximate surface area is 106 Å². The first-order chi connectivity index (χ1) is 8.08. The molecule has 0 aromatic carbocycles. The summed E-state index contributed by atoms with van der Waals surface area (Å²) in [7, 11) is 1.93. The maximum atomic E-state index is 10.0. The van der Waals surface area contributed by atoms with E-state index in [0.29, 0.717) is 10.8 Å². The molecule has 1 aromatic rings. The average Bonchev–Trinajstić information content (AvgIpc) is 2.27. The molecular formula is C12H18ClN3O. The van der Waals surface area contributed by atoms with Crippen LogP contribution in [0.3, 0.4) is 0 Å². The summed E-state index contributed by atoms with van der Waals surface area (Å²) < 4.78 is 0. The summed E-state index contributed by atoms with van der Waals surface area (Å²) in [4.78, 5) is 6.22. The first-order valence-corrected chi connectivity index (χ1v) is 6.29. The molecule has 2 atom stereocenters. The van der Waals surface area contributed by atoms with Gasteiger partial charge in [0.05, 0.1) is 12.1 Å². The first-order valence-electron chi connectivity index (χ1n) is 5.92. The molecule has 1 aromatic heterocycles. The van der Waals surface area contributed by atoms with Crippen LogP contribution in [0.25, 0.3) is 0 Å². The van der Waals surface area contributed by atoms with E-state index in [1.807, 2.05) is 11.9 Å². The molecule has 0 spiro atoms. The van der Waals surface area contributed by atoms with Crippen LogP contribution in [0.4, 0.5) is 11.5 Å². The highest BCUT2D eigenvalue weighted by molar-refractivity contribution is 6.29. The molecule has 0 saturated heterocycles. The van der Waals surface area contributed by atoms with Gasteiger partial charge in [-0.3, -0.25) is 0 Å². The van der Waals surface area contributed by atoms with E-state index in [1.54, 1.807) is 12.1 Å². The maximum absolute atomic E-state index is 10.0. The fourth-order valence-electron chi connectivity index (χ4n) is 2.40. The molecule has 1 saturated carbocycles. The number of pyridine rings is 1. The van der Waals surface area contributed by atoms with Crippen molar-refractivity contribution in [2.24, 2.45) is 0 Å². The molecule has 4 nitrogen and oxygen atoms in total. The zero-order valence-electron chi connectivity index (χ0n) is 9.93. The van der Waals surface area contributed by atoms with Crippen molar-refractivity contribution in [3.8, 4) is 0 Å². The standard InChI is InChI=1S/C12H18ClN3O/c1-16(9-4-2-3-5-10(9)17)12-7-8(14)6-11(13)15-12/h6-7,9-10,17H,2-5H2,1H3,(H2,14,15). The van der Waals surface area contributed by atoms with E-state index in [2.05, 4.69) is 4.98 Å². The van der Waals surface area contributed by atoms with Gasteiger partial charge in [-0.2, -0.15) is 0 Å². The number of nitrogens with zero attached hydrogens (tertiary/aromatic N) is 2. The van der Waals surface area contributed by atoms with Gasteiger partial charge in [0.2, 0.25) is 0 Å². The van der Waals surface area contributed by atoms with Crippen molar-refractivity contribution >= 4 is 23.1 Å². The Hall–Kier alpha value is -1.00. The van der Waals surface area contributed by atoms with E-state index in [0.717, 1.165) is 31.5 Å². The van der Waals surface area contributed by atoms with Gasteiger partial charge in [0.1, 0.15) is 11.0 Å². The summed E-state index contributed by atoms with van der Waals surface area (Å²) in [6.45, 7) is 0. The van der Waals surface area contributed by atoms with Crippen LogP contribution in [-0.2, 0) is 0 Å². The lowest BCUT2D eigenvalue weighted by Crippen LogP contribution is -2.43. The number of aromatic nitrogens is 1. The Morgan fingerprint density at radius 1 is 1.41 bits per heavy atom. The van der Waals surface area contributed by atoms with Gasteiger partial charge in [-0.25, -0.2) is 4.98 Å². The Bertz CT molecular complexity index is 379. The first kappa shape index (κ1) is 12.5. The molecule has 0 radical (unpaired) electrons. The fraction of sp³-hybridized carbons (Fsp3) is 0.583. The highest BCUT2D eigenvalue weighted by atomic mass is 35.5. The number of likely N-dealkylation sites (N-methyl/N-ethyl adjacent to an activating group) is 1. The van der Waals surface area contributed by atoms with E-state index in [1.165, 1.54) is 0 Å². The smallest absolute Gasteiger partial charge is 0.133 e. The van der Waals surface area contributed by atoms with E-state index < -0.39 is 0 Å². The van der Waals surface area contributed by atoms with Gasteiger partial charge in [-0.05, 0) is 18.9 Å². The van der Waals surface area contributed by atoms with Gasteiger partial charge in [0.25, 0.3) is 0 Å². The van der Waals surface area contributed by atoms with E-state index in [-0.39, 0.29) is 12.1 Å². The predicted octanol–water partition coefficient (Wildman–Crippen LogP) is 2.06. The second-order valence-corrected chi connectivity index (χ2v) is 5.00. The molecule has 3 N–H and O–H groups in total. The lowest BCUT2D eigenvalue weighted by atomic mass is 9.91. The molecule has 2 unspecified atom stereocenters. The van der Waals surface area contributed by atoms with E-state index in [9.17, 15) is 5.11 Å². The minimum Gasteiger partial charge on any atom is -0.399 e. The van der Waals surface area contributed by atoms with Gasteiger partial charge < -0.3 is 15.7 Å². The SMILES string of the molecule is CN(c1cc(N)cc(Cl)n1)C1CCCCC1O. The topological polar surface area (TPSA) is 62.4 Å². The average molecular weight is 256 g/mol. The third-order valence-electron chi connectivity index (χ3n) is 3.36. The largest absolute Gasteiger partial charge is 0.399 e. The van der Waals surface area contributed by atoms with Crippen molar-refractivity contribution in [2.75, 3.05) is 17.7 Å². The van der Waals surface area contributed by atoms with Crippen molar-refractivity contribution in [3.05, 3.63) is 17.3 Å². The minimum absolute atomic E-state index is 0.106. The molecule has 94 valence electrons. The van der Waals surface area contributed by atoms with Crippen LogP contribution in [0.5, 0.6) is 0 Å². The van der Waals surface area contributed by atoms with Crippen molar-refractivity contribution in [2.45, 2.75) is 37.8 Å². The molecule has 1 aliphatic rings. The summed E-state index contributed by atoms with van der Waals surface area (Å²) in [6, 6.07) is 3.51. The minimum atomic E-state index is -0.296. The van der Waals surface area contributed by atoms with Crippen molar-refractivity contribution in [1.82, 2.24) is 4.98 Å². The number of nitrogen functional groups attached to an aromatic ring is 1. The third kappa shape index (κ3) is 2.82.